The van der Waals surface area contributed by atoms with E-state index in [0.29, 0.717) is 5.75 Å². The maximum Gasteiger partial charge on any atom is 0.317 e. The van der Waals surface area contributed by atoms with Crippen molar-refractivity contribution in [3.63, 3.8) is 0 Å². The summed E-state index contributed by atoms with van der Waals surface area (Å²) in [6.07, 6.45) is -0.701. The smallest absolute Gasteiger partial charge is 0.317 e. The van der Waals surface area contributed by atoms with Crippen molar-refractivity contribution in [2.75, 3.05) is 58.7 Å². The first-order chi connectivity index (χ1) is 21.2. The lowest BCUT2D eigenvalue weighted by atomic mass is 10.0. The number of rotatable bonds is 20. The zero-order chi connectivity index (χ0) is 36.9. The van der Waals surface area contributed by atoms with Crippen LogP contribution in [0.1, 0.15) is 26.2 Å². The Balaban J connectivity index is 3.96. The fourth-order valence-electron chi connectivity index (χ4n) is 2.99. The molecule has 14 heteroatoms. The molecular formula is C23H33N3O11. The second-order valence-corrected chi connectivity index (χ2v) is 6.99. The van der Waals surface area contributed by atoms with E-state index in [0.717, 1.165) is 0 Å². The van der Waals surface area contributed by atoms with Crippen LogP contribution in [0.25, 0.3) is 0 Å². The predicted molar refractivity (Wildman–Crippen MR) is 128 cm³/mol. The number of carbonyl (C=O) groups is 5. The van der Waals surface area contributed by atoms with E-state index in [-0.39, 0.29) is 26.9 Å². The molecule has 0 unspecified atom stereocenters. The van der Waals surface area contributed by atoms with Crippen molar-refractivity contribution in [3.05, 3.63) is 29.8 Å². The van der Waals surface area contributed by atoms with Crippen LogP contribution in [0.3, 0.4) is 0 Å². The van der Waals surface area contributed by atoms with Gasteiger partial charge in [0.2, 0.25) is 0 Å². The van der Waals surface area contributed by atoms with Crippen molar-refractivity contribution in [1.29, 1.82) is 0 Å². The summed E-state index contributed by atoms with van der Waals surface area (Å²) >= 11 is 0. The van der Waals surface area contributed by atoms with E-state index in [1.807, 2.05) is 0 Å². The van der Waals surface area contributed by atoms with E-state index in [1.54, 1.807) is 6.92 Å². The lowest BCUT2D eigenvalue weighted by Gasteiger charge is -2.34. The van der Waals surface area contributed by atoms with Gasteiger partial charge in [0, 0.05) is 25.7 Å². The number of aliphatic carboxylic acids is 5. The van der Waals surface area contributed by atoms with E-state index in [9.17, 15) is 49.5 Å². The Morgan fingerprint density at radius 2 is 1.19 bits per heavy atom. The van der Waals surface area contributed by atoms with Crippen LogP contribution < -0.4 is 4.74 Å². The molecule has 5 N–H and O–H groups in total. The Labute approximate surface area is 227 Å². The van der Waals surface area contributed by atoms with Gasteiger partial charge in [-0.15, -0.1) is 0 Å². The molecule has 0 aliphatic rings. The summed E-state index contributed by atoms with van der Waals surface area (Å²) in [5, 5.41) is 47.6. The van der Waals surface area contributed by atoms with Crippen molar-refractivity contribution in [1.82, 2.24) is 14.7 Å². The van der Waals surface area contributed by atoms with Crippen molar-refractivity contribution in [2.45, 2.75) is 19.4 Å². The molecule has 14 nitrogen and oxygen atoms in total. The molecule has 1 rings (SSSR count). The van der Waals surface area contributed by atoms with E-state index in [2.05, 4.69) is 0 Å². The third kappa shape index (κ3) is 13.8. The topological polar surface area (TPSA) is 205 Å². The highest BCUT2D eigenvalue weighted by molar-refractivity contribution is 5.73. The predicted octanol–water partition coefficient (Wildman–Crippen LogP) is -0.675. The molecule has 37 heavy (non-hydrogen) atoms. The summed E-state index contributed by atoms with van der Waals surface area (Å²) < 4.78 is 84.9. The fourth-order valence-corrected chi connectivity index (χ4v) is 2.99. The Morgan fingerprint density at radius 1 is 0.757 bits per heavy atom. The first kappa shape index (κ1) is 18.5. The lowest BCUT2D eigenvalue weighted by Crippen LogP contribution is -2.51. The number of benzene rings is 1. The van der Waals surface area contributed by atoms with Crippen molar-refractivity contribution < 1.29 is 67.9 Å². The van der Waals surface area contributed by atoms with Crippen LogP contribution in [-0.4, -0.2) is 135 Å². The van der Waals surface area contributed by atoms with E-state index < -0.39 is 94.4 Å². The molecule has 1 aromatic carbocycles. The Kier molecular flexibility index (Phi) is 8.04. The average molecular weight is 538 g/mol. The molecule has 0 aliphatic heterocycles. The molecule has 1 atom stereocenters. The van der Waals surface area contributed by atoms with Gasteiger partial charge in [-0.25, -0.2) is 0 Å². The summed E-state index contributed by atoms with van der Waals surface area (Å²) in [7, 11) is 0. The van der Waals surface area contributed by atoms with E-state index >= 15 is 0 Å². The minimum absolute atomic E-state index is 0.118. The fraction of sp³-hybridized carbons (Fsp3) is 0.522. The molecule has 0 saturated heterocycles. The molecule has 0 radical (unpaired) electrons. The zero-order valence-electron chi connectivity index (χ0n) is 29.4. The SMILES string of the molecule is [2H]C([2H])(C(=O)O)N(CCN(C([2H])([2H])C(=O)O)C([2H])([2H])C(=O)O)C[C@H](Cc1ccc(OCC)cc1)N(C([2H])([2H])C(=O)O)C([2H])([2H])C(=O)O. The number of ether oxygens (including phenoxy) is 1. The molecule has 0 bridgehead atoms. The third-order valence-corrected chi connectivity index (χ3v) is 4.24. The molecular weight excluding hydrogens is 494 g/mol. The van der Waals surface area contributed by atoms with Gasteiger partial charge in [-0.05, 0) is 31.0 Å². The van der Waals surface area contributed by atoms with Crippen LogP contribution in [0.4, 0.5) is 0 Å². The minimum Gasteiger partial charge on any atom is -0.494 e. The van der Waals surface area contributed by atoms with Crippen LogP contribution >= 0.6 is 0 Å². The Hall–Kier alpha value is -3.75. The first-order valence-corrected chi connectivity index (χ1v) is 10.4. The monoisotopic (exact) mass is 537 g/mol. The molecule has 1 aromatic rings. The molecule has 0 heterocycles. The lowest BCUT2D eigenvalue weighted by molar-refractivity contribution is -0.144. The van der Waals surface area contributed by atoms with Crippen molar-refractivity contribution in [2.24, 2.45) is 0 Å². The van der Waals surface area contributed by atoms with Crippen LogP contribution in [-0.2, 0) is 30.4 Å². The molecule has 0 saturated carbocycles. The van der Waals surface area contributed by atoms with Gasteiger partial charge in [-0.3, -0.25) is 38.7 Å². The molecule has 0 spiro atoms. The highest BCUT2D eigenvalue weighted by Gasteiger charge is 2.27. The molecule has 0 fully saturated rings. The van der Waals surface area contributed by atoms with Gasteiger partial charge in [0.1, 0.15) is 5.75 Å². The van der Waals surface area contributed by atoms with Crippen molar-refractivity contribution >= 4 is 29.8 Å². The van der Waals surface area contributed by atoms with Gasteiger partial charge in [-0.2, -0.15) is 0 Å². The number of hydrogen-bond donors (Lipinski definition) is 5. The van der Waals surface area contributed by atoms with Gasteiger partial charge >= 0.3 is 29.8 Å². The minimum atomic E-state index is -3.88. The average Bonchev–Trinajstić information content (AvgIpc) is 2.92. The summed E-state index contributed by atoms with van der Waals surface area (Å²) in [6.45, 7) is -21.0. The number of carboxylic acid groups (broad SMARTS) is 5. The number of carboxylic acids is 5. The Morgan fingerprint density at radius 3 is 1.62 bits per heavy atom. The van der Waals surface area contributed by atoms with Crippen LogP contribution in [0, 0.1) is 0 Å². The normalized spacial score (nSPS) is 17.9. The molecule has 0 aliphatic carbocycles. The van der Waals surface area contributed by atoms with Gasteiger partial charge < -0.3 is 30.3 Å². The highest BCUT2D eigenvalue weighted by Crippen LogP contribution is 2.16. The molecule has 206 valence electrons. The van der Waals surface area contributed by atoms with Crippen LogP contribution in [0.2, 0.25) is 0 Å². The van der Waals surface area contributed by atoms with Gasteiger partial charge in [0.25, 0.3) is 0 Å². The van der Waals surface area contributed by atoms with Gasteiger partial charge in [0.15, 0.2) is 0 Å². The number of nitrogens with zero attached hydrogens (tertiary/aromatic N) is 3. The summed E-state index contributed by atoms with van der Waals surface area (Å²) in [4.78, 5) is 58.7. The number of hydrogen-bond acceptors (Lipinski definition) is 9. The largest absolute Gasteiger partial charge is 0.494 e. The van der Waals surface area contributed by atoms with Crippen LogP contribution in [0.15, 0.2) is 24.3 Å². The molecule has 0 aromatic heterocycles. The maximum absolute atomic E-state index is 12.0. The van der Waals surface area contributed by atoms with Gasteiger partial charge in [-0.1, -0.05) is 12.1 Å². The second kappa shape index (κ2) is 16.1. The second-order valence-electron chi connectivity index (χ2n) is 6.99. The standard InChI is InChI=1S/C23H33N3O11/c1-2-37-18-5-3-16(4-6-18)9-17(26(14-22(33)34)15-23(35)36)10-24(11-19(27)28)7-8-25(12-20(29)30)13-21(31)32/h3-6,17H,2,7-15H2,1H3,(H,27,28)(H,29,30)(H,31,32)(H,33,34)(H,35,36)/t17-/m0/s1/i11D2,12D2,13D2,14D2,15D2. The quantitative estimate of drug-likeness (QED) is 0.140. The van der Waals surface area contributed by atoms with E-state index in [4.69, 9.17) is 18.4 Å². The van der Waals surface area contributed by atoms with Gasteiger partial charge in [0.05, 0.1) is 52.8 Å². The zero-order valence-corrected chi connectivity index (χ0v) is 19.4. The van der Waals surface area contributed by atoms with Crippen LogP contribution in [0.5, 0.6) is 5.75 Å². The Bertz CT molecular complexity index is 1280. The van der Waals surface area contributed by atoms with Crippen molar-refractivity contribution in [3.8, 4) is 5.75 Å². The summed E-state index contributed by atoms with van der Waals surface area (Å²) in [6, 6.07) is 3.30. The molecule has 0 amide bonds. The maximum atomic E-state index is 12.0. The van der Waals surface area contributed by atoms with E-state index in [1.165, 1.54) is 24.3 Å². The third-order valence-electron chi connectivity index (χ3n) is 4.24. The first-order valence-electron chi connectivity index (χ1n) is 15.4. The highest BCUT2D eigenvalue weighted by atomic mass is 16.5. The summed E-state index contributed by atoms with van der Waals surface area (Å²) in [5.41, 5.74) is 0.118. The summed E-state index contributed by atoms with van der Waals surface area (Å²) in [5.74, 6) is -11.6.